The first-order valence-corrected chi connectivity index (χ1v) is 6.83. The zero-order chi connectivity index (χ0) is 12.0. The number of nitrogens with two attached hydrogens (primary N) is 1. The molecule has 0 aliphatic carbocycles. The van der Waals surface area contributed by atoms with Crippen LogP contribution in [0.1, 0.15) is 0 Å². The second-order valence-electron chi connectivity index (χ2n) is 3.39. The number of hydrogen-bond acceptors (Lipinski definition) is 3. The van der Waals surface area contributed by atoms with Gasteiger partial charge in [-0.3, -0.25) is 4.99 Å². The molecule has 0 amide bonds. The van der Waals surface area contributed by atoms with Gasteiger partial charge in [0.05, 0.1) is 12.3 Å². The number of anilines is 1. The molecule has 7 heteroatoms. The molecule has 0 aliphatic heterocycles. The minimum Gasteiger partial charge on any atom is -0.370 e. The molecule has 0 saturated carbocycles. The van der Waals surface area contributed by atoms with Crippen LogP contribution in [0.25, 0.3) is 0 Å². The molecular weight excluding hydrogens is 353 g/mol. The summed E-state index contributed by atoms with van der Waals surface area (Å²) in [6.07, 6.45) is 1.17. The highest BCUT2D eigenvalue weighted by atomic mass is 127. The van der Waals surface area contributed by atoms with Crippen LogP contribution in [0.3, 0.4) is 0 Å². The molecule has 17 heavy (non-hydrogen) atoms. The maximum absolute atomic E-state index is 10.8. The van der Waals surface area contributed by atoms with E-state index in [1.807, 2.05) is 30.3 Å². The zero-order valence-electron chi connectivity index (χ0n) is 9.46. The fourth-order valence-corrected chi connectivity index (χ4v) is 1.46. The number of hydrogen-bond donors (Lipinski definition) is 2. The van der Waals surface area contributed by atoms with Gasteiger partial charge in [0.15, 0.2) is 5.96 Å². The van der Waals surface area contributed by atoms with Crippen LogP contribution in [-0.2, 0) is 9.84 Å². The van der Waals surface area contributed by atoms with E-state index < -0.39 is 9.84 Å². The Bertz CT molecular complexity index is 460. The highest BCUT2D eigenvalue weighted by molar-refractivity contribution is 14.0. The smallest absolute Gasteiger partial charge is 0.193 e. The summed E-state index contributed by atoms with van der Waals surface area (Å²) in [5.41, 5.74) is 6.40. The Morgan fingerprint density at radius 1 is 1.35 bits per heavy atom. The first kappa shape index (κ1) is 16.2. The molecule has 0 spiro atoms. The van der Waals surface area contributed by atoms with Crippen molar-refractivity contribution in [2.45, 2.75) is 0 Å². The molecule has 0 radical (unpaired) electrons. The summed E-state index contributed by atoms with van der Waals surface area (Å²) < 4.78 is 21.7. The van der Waals surface area contributed by atoms with Gasteiger partial charge >= 0.3 is 0 Å². The van der Waals surface area contributed by atoms with E-state index in [2.05, 4.69) is 10.3 Å². The van der Waals surface area contributed by atoms with Gasteiger partial charge in [-0.05, 0) is 12.1 Å². The molecule has 5 nitrogen and oxygen atoms in total. The quantitative estimate of drug-likeness (QED) is 0.473. The molecule has 3 N–H and O–H groups in total. The van der Waals surface area contributed by atoms with Crippen LogP contribution in [0.15, 0.2) is 35.3 Å². The number of aliphatic imine (C=N–C) groups is 1. The van der Waals surface area contributed by atoms with Crippen LogP contribution in [0.4, 0.5) is 5.69 Å². The van der Waals surface area contributed by atoms with Crippen molar-refractivity contribution in [3.63, 3.8) is 0 Å². The van der Waals surface area contributed by atoms with E-state index >= 15 is 0 Å². The highest BCUT2D eigenvalue weighted by Crippen LogP contribution is 2.03. The number of benzene rings is 1. The van der Waals surface area contributed by atoms with E-state index in [1.165, 1.54) is 6.26 Å². The zero-order valence-corrected chi connectivity index (χ0v) is 12.6. The normalized spacial score (nSPS) is 11.7. The Hall–Kier alpha value is -0.830. The van der Waals surface area contributed by atoms with Crippen molar-refractivity contribution >= 4 is 45.5 Å². The summed E-state index contributed by atoms with van der Waals surface area (Å²) in [5.74, 6) is 0.222. The molecule has 96 valence electrons. The van der Waals surface area contributed by atoms with Crippen molar-refractivity contribution in [2.24, 2.45) is 10.7 Å². The maximum Gasteiger partial charge on any atom is 0.193 e. The third-order valence-corrected chi connectivity index (χ3v) is 2.71. The average molecular weight is 369 g/mol. The van der Waals surface area contributed by atoms with E-state index in [4.69, 9.17) is 5.73 Å². The van der Waals surface area contributed by atoms with Gasteiger partial charge in [-0.15, -0.1) is 24.0 Å². The summed E-state index contributed by atoms with van der Waals surface area (Å²) in [6.45, 7) is 0.171. The Morgan fingerprint density at radius 2 is 1.94 bits per heavy atom. The van der Waals surface area contributed by atoms with Crippen LogP contribution in [0, 0.1) is 0 Å². The summed E-state index contributed by atoms with van der Waals surface area (Å²) in [7, 11) is -2.98. The van der Waals surface area contributed by atoms with Gasteiger partial charge in [0.25, 0.3) is 0 Å². The van der Waals surface area contributed by atoms with Crippen molar-refractivity contribution in [3.8, 4) is 0 Å². The van der Waals surface area contributed by atoms with Crippen LogP contribution in [-0.4, -0.2) is 32.9 Å². The molecule has 0 bridgehead atoms. The third kappa shape index (κ3) is 7.97. The van der Waals surface area contributed by atoms with Crippen molar-refractivity contribution in [2.75, 3.05) is 23.9 Å². The van der Waals surface area contributed by atoms with Crippen LogP contribution < -0.4 is 11.1 Å². The SMILES string of the molecule is CS(=O)(=O)CCN=C(N)Nc1ccccc1.I. The average Bonchev–Trinajstić information content (AvgIpc) is 2.17. The molecular formula is C10H16IN3O2S. The number of nitrogens with zero attached hydrogens (tertiary/aromatic N) is 1. The summed E-state index contributed by atoms with van der Waals surface area (Å²) in [5, 5.41) is 2.86. The van der Waals surface area contributed by atoms with E-state index in [9.17, 15) is 8.42 Å². The Labute approximate surface area is 118 Å². The van der Waals surface area contributed by atoms with E-state index in [0.29, 0.717) is 0 Å². The van der Waals surface area contributed by atoms with E-state index in [0.717, 1.165) is 5.69 Å². The Balaban J connectivity index is 0.00000256. The topological polar surface area (TPSA) is 84.5 Å². The molecule has 1 aromatic rings. The number of sulfone groups is 1. The van der Waals surface area contributed by atoms with Gasteiger partial charge in [-0.2, -0.15) is 0 Å². The largest absolute Gasteiger partial charge is 0.370 e. The minimum atomic E-state index is -2.98. The monoisotopic (exact) mass is 369 g/mol. The predicted molar refractivity (Wildman–Crippen MR) is 81.7 cm³/mol. The Morgan fingerprint density at radius 3 is 2.47 bits per heavy atom. The molecule has 0 unspecified atom stereocenters. The lowest BCUT2D eigenvalue weighted by atomic mass is 10.3. The lowest BCUT2D eigenvalue weighted by molar-refractivity contribution is 0.601. The van der Waals surface area contributed by atoms with E-state index in [-0.39, 0.29) is 42.2 Å². The van der Waals surface area contributed by atoms with Gasteiger partial charge in [0, 0.05) is 11.9 Å². The number of nitrogens with one attached hydrogen (secondary N) is 1. The standard InChI is InChI=1S/C10H15N3O2S.HI/c1-16(14,15)8-7-12-10(11)13-9-5-3-2-4-6-9;/h2-6H,7-8H2,1H3,(H3,11,12,13);1H. The molecule has 0 saturated heterocycles. The molecule has 0 aromatic heterocycles. The minimum absolute atomic E-state index is 0. The number of halogens is 1. The van der Waals surface area contributed by atoms with Crippen LogP contribution in [0.2, 0.25) is 0 Å². The van der Waals surface area contributed by atoms with Gasteiger partial charge in [0.1, 0.15) is 9.84 Å². The molecule has 1 rings (SSSR count). The van der Waals surface area contributed by atoms with Crippen molar-refractivity contribution < 1.29 is 8.42 Å². The van der Waals surface area contributed by atoms with Gasteiger partial charge in [0.2, 0.25) is 0 Å². The summed E-state index contributed by atoms with van der Waals surface area (Å²) in [6, 6.07) is 9.32. The maximum atomic E-state index is 10.8. The predicted octanol–water partition coefficient (Wildman–Crippen LogP) is 1.08. The fourth-order valence-electron chi connectivity index (χ4n) is 1.04. The van der Waals surface area contributed by atoms with Crippen molar-refractivity contribution in [1.82, 2.24) is 0 Å². The van der Waals surface area contributed by atoms with Crippen molar-refractivity contribution in [1.29, 1.82) is 0 Å². The molecule has 0 fully saturated rings. The van der Waals surface area contributed by atoms with Crippen molar-refractivity contribution in [3.05, 3.63) is 30.3 Å². The number of para-hydroxylation sites is 1. The van der Waals surface area contributed by atoms with Crippen LogP contribution >= 0.6 is 24.0 Å². The van der Waals surface area contributed by atoms with Gasteiger partial charge < -0.3 is 11.1 Å². The van der Waals surface area contributed by atoms with Gasteiger partial charge in [-0.1, -0.05) is 18.2 Å². The Kier molecular flexibility index (Phi) is 7.12. The summed E-state index contributed by atoms with van der Waals surface area (Å²) in [4.78, 5) is 3.91. The highest BCUT2D eigenvalue weighted by Gasteiger charge is 2.00. The lowest BCUT2D eigenvalue weighted by Crippen LogP contribution is -2.23. The third-order valence-electron chi connectivity index (χ3n) is 1.79. The van der Waals surface area contributed by atoms with Gasteiger partial charge in [-0.25, -0.2) is 8.42 Å². The molecule has 0 aliphatic rings. The second kappa shape index (κ2) is 7.49. The van der Waals surface area contributed by atoms with Crippen LogP contribution in [0.5, 0.6) is 0 Å². The first-order chi connectivity index (χ1) is 7.47. The summed E-state index contributed by atoms with van der Waals surface area (Å²) >= 11 is 0. The molecule has 0 atom stereocenters. The number of guanidine groups is 1. The first-order valence-electron chi connectivity index (χ1n) is 4.77. The molecule has 0 heterocycles. The lowest BCUT2D eigenvalue weighted by Gasteiger charge is -2.04. The second-order valence-corrected chi connectivity index (χ2v) is 5.65. The number of rotatable bonds is 4. The fraction of sp³-hybridized carbons (Fsp3) is 0.300. The molecule has 1 aromatic carbocycles. The van der Waals surface area contributed by atoms with E-state index in [1.54, 1.807) is 0 Å².